The molecule has 1 aliphatic heterocycles. The van der Waals surface area contributed by atoms with Crippen LogP contribution in [0.3, 0.4) is 0 Å². The fourth-order valence-electron chi connectivity index (χ4n) is 6.18. The third kappa shape index (κ3) is 5.36. The van der Waals surface area contributed by atoms with Gasteiger partial charge in [0.25, 0.3) is 0 Å². The molecule has 1 saturated heterocycles. The molecule has 2 aliphatic carbocycles. The van der Waals surface area contributed by atoms with Gasteiger partial charge in [-0.1, -0.05) is 0 Å². The Hall–Kier alpha value is 0.671. The summed E-state index contributed by atoms with van der Waals surface area (Å²) >= 11 is 0.0559. The monoisotopic (exact) mass is 524 g/mol. The summed E-state index contributed by atoms with van der Waals surface area (Å²) in [7, 11) is 0. The molecular weight excluding hydrogens is 484 g/mol. The molecule has 0 aromatic carbocycles. The summed E-state index contributed by atoms with van der Waals surface area (Å²) in [6.07, 6.45) is 6.99. The van der Waals surface area contributed by atoms with E-state index in [1.54, 1.807) is 0 Å². The first-order valence-electron chi connectivity index (χ1n) is 11.3. The number of carbonyl (C=O) groups is 2. The fourth-order valence-corrected chi connectivity index (χ4v) is 9.63. The van der Waals surface area contributed by atoms with Crippen LogP contribution in [-0.4, -0.2) is 29.6 Å². The Bertz CT molecular complexity index is 639. The van der Waals surface area contributed by atoms with Crippen molar-refractivity contribution in [3.63, 3.8) is 0 Å². The van der Waals surface area contributed by atoms with E-state index in [0.29, 0.717) is 12.2 Å². The topological polar surface area (TPSA) is 52.6 Å². The molecule has 168 valence electrons. The van der Waals surface area contributed by atoms with Gasteiger partial charge in [0.1, 0.15) is 0 Å². The summed E-state index contributed by atoms with van der Waals surface area (Å²) in [5.74, 6) is 1.12. The van der Waals surface area contributed by atoms with Crippen LogP contribution in [0.4, 0.5) is 0 Å². The number of fused-ring (bicyclic) bond motifs is 2. The van der Waals surface area contributed by atoms with Crippen molar-refractivity contribution in [1.29, 1.82) is 0 Å². The van der Waals surface area contributed by atoms with Gasteiger partial charge in [-0.15, -0.1) is 0 Å². The molecule has 7 atom stereocenters. The Labute approximate surface area is 201 Å². The summed E-state index contributed by atoms with van der Waals surface area (Å²) in [6, 6.07) is 0. The second-order valence-corrected chi connectivity index (χ2v) is 15.5. The molecule has 1 heterocycles. The average molecular weight is 524 g/mol. The van der Waals surface area contributed by atoms with Gasteiger partial charge in [0.15, 0.2) is 0 Å². The number of esters is 1. The van der Waals surface area contributed by atoms with Crippen LogP contribution in [0.15, 0.2) is 0 Å². The molecular formula is C24H40O4Xe. The first kappa shape index (κ1) is 24.3. The van der Waals surface area contributed by atoms with E-state index >= 15 is 0 Å². The van der Waals surface area contributed by atoms with Gasteiger partial charge >= 0.3 is 204 Å². The first-order chi connectivity index (χ1) is 13.4. The maximum absolute atomic E-state index is 13.6. The SMILES string of the molecule is CCC1(OC(C)C=O)CC2CC(C)CC(OC(=O)C3(CC(C)(C)C)[Xe]C3C)(C2)C1. The van der Waals surface area contributed by atoms with E-state index in [9.17, 15) is 9.59 Å². The van der Waals surface area contributed by atoms with Crippen LogP contribution >= 0.6 is 0 Å². The van der Waals surface area contributed by atoms with Gasteiger partial charge in [0.05, 0.1) is 0 Å². The van der Waals surface area contributed by atoms with E-state index < -0.39 is 11.7 Å². The molecule has 0 radical (unpaired) electrons. The van der Waals surface area contributed by atoms with Crippen LogP contribution in [0.25, 0.3) is 0 Å². The molecule has 0 aromatic rings. The van der Waals surface area contributed by atoms with Gasteiger partial charge in [-0.2, -0.15) is 0 Å². The van der Waals surface area contributed by atoms with Crippen LogP contribution in [0.5, 0.6) is 0 Å². The van der Waals surface area contributed by atoms with E-state index in [2.05, 4.69) is 41.5 Å². The zero-order valence-electron chi connectivity index (χ0n) is 19.3. The van der Waals surface area contributed by atoms with Crippen LogP contribution in [-0.2, 0) is 19.1 Å². The van der Waals surface area contributed by atoms with Crippen molar-refractivity contribution in [2.45, 2.75) is 111 Å². The van der Waals surface area contributed by atoms with Gasteiger partial charge in [-0.25, -0.2) is 0 Å². The second kappa shape index (κ2) is 8.55. The number of carbonyl (C=O) groups excluding carboxylic acids is 2. The van der Waals surface area contributed by atoms with Crippen LogP contribution < -0.4 is 0 Å². The Balaban J connectivity index is 1.84. The molecule has 0 spiro atoms. The van der Waals surface area contributed by atoms with Crippen LogP contribution in [0.1, 0.15) is 93.4 Å². The third-order valence-corrected chi connectivity index (χ3v) is 10.9. The summed E-state index contributed by atoms with van der Waals surface area (Å²) in [4.78, 5) is 24.9. The number of hydrogen-bond acceptors (Lipinski definition) is 4. The van der Waals surface area contributed by atoms with E-state index in [-0.39, 0.29) is 61.1 Å². The Kier molecular flexibility index (Phi) is 7.17. The maximum atomic E-state index is 13.6. The summed E-state index contributed by atoms with van der Waals surface area (Å²) in [5.41, 5.74) is -0.659. The zero-order valence-corrected chi connectivity index (χ0v) is 21.3. The number of ether oxygens (including phenoxy) is 2. The number of rotatable bonds is 7. The summed E-state index contributed by atoms with van der Waals surface area (Å²) in [5, 5.41) is 0. The van der Waals surface area contributed by atoms with E-state index in [4.69, 9.17) is 9.47 Å². The van der Waals surface area contributed by atoms with Crippen molar-refractivity contribution in [3.05, 3.63) is 0 Å². The van der Waals surface area contributed by atoms with Crippen molar-refractivity contribution in [1.82, 2.24) is 0 Å². The molecule has 2 saturated carbocycles. The molecule has 29 heavy (non-hydrogen) atoms. The van der Waals surface area contributed by atoms with Gasteiger partial charge in [0.2, 0.25) is 0 Å². The molecule has 3 rings (SSSR count). The minimum atomic E-state index is -0.427. The van der Waals surface area contributed by atoms with Crippen molar-refractivity contribution < 1.29 is 63.2 Å². The predicted octanol–water partition coefficient (Wildman–Crippen LogP) is 5.75. The van der Waals surface area contributed by atoms with Crippen molar-refractivity contribution in [2.75, 3.05) is 0 Å². The molecule has 5 heteroatoms. The quantitative estimate of drug-likeness (QED) is 0.315. The van der Waals surface area contributed by atoms with Gasteiger partial charge in [-0.3, -0.25) is 0 Å². The second-order valence-electron chi connectivity index (χ2n) is 11.3. The molecule has 3 fully saturated rings. The minimum absolute atomic E-state index is 0.0559. The van der Waals surface area contributed by atoms with E-state index in [0.717, 1.165) is 51.2 Å². The molecule has 0 aromatic heterocycles. The molecule has 0 amide bonds. The summed E-state index contributed by atoms with van der Waals surface area (Å²) < 4.78 is 13.1. The van der Waals surface area contributed by atoms with Gasteiger partial charge in [0, 0.05) is 0 Å². The van der Waals surface area contributed by atoms with Crippen LogP contribution in [0.2, 0.25) is 0.269 Å². The Morgan fingerprint density at radius 1 is 1.24 bits per heavy atom. The first-order valence-corrected chi connectivity index (χ1v) is 13.5. The van der Waals surface area contributed by atoms with Gasteiger partial charge in [-0.05, 0) is 0 Å². The standard InChI is InChI=1S/C24H40O4Xe/c1-8-22(27-17(3)13-25)11-19-9-16(2)10-23(12-19,15-22)28-20(26)24(18(4)29-24)14-21(5,6)7/h13,16-19H,8-12,14-15H2,1-7H3. The summed E-state index contributed by atoms with van der Waals surface area (Å²) in [6.45, 7) is 15.2. The average Bonchev–Trinajstić information content (AvgIpc) is 3.21. The van der Waals surface area contributed by atoms with E-state index in [1.165, 1.54) is 0 Å². The molecule has 3 aliphatic rings. The van der Waals surface area contributed by atoms with Crippen LogP contribution in [0, 0.1) is 61.4 Å². The number of aldehydes is 1. The normalized spacial score (nSPS) is 43.1. The Morgan fingerprint density at radius 2 is 1.90 bits per heavy atom. The number of hydrogen-bond donors (Lipinski definition) is 0. The Morgan fingerprint density at radius 3 is 2.41 bits per heavy atom. The molecule has 4 nitrogen and oxygen atoms in total. The predicted molar refractivity (Wildman–Crippen MR) is 110 cm³/mol. The van der Waals surface area contributed by atoms with Crippen molar-refractivity contribution in [3.8, 4) is 0 Å². The fraction of sp³-hybridized carbons (Fsp3) is 0.917. The van der Waals surface area contributed by atoms with E-state index in [1.807, 2.05) is 6.92 Å². The molecule has 0 N–H and O–H groups in total. The van der Waals surface area contributed by atoms with Gasteiger partial charge < -0.3 is 0 Å². The third-order valence-electron chi connectivity index (χ3n) is 7.02. The van der Waals surface area contributed by atoms with Crippen molar-refractivity contribution >= 4 is 12.3 Å². The molecule has 7 unspecified atom stereocenters. The molecule has 2 bridgehead atoms. The zero-order chi connectivity index (χ0) is 21.7. The van der Waals surface area contributed by atoms with Crippen molar-refractivity contribution in [2.24, 2.45) is 17.3 Å².